The number of aliphatic hydroxyl groups is 2. The van der Waals surface area contributed by atoms with Crippen LogP contribution in [0.4, 0.5) is 0 Å². The van der Waals surface area contributed by atoms with Crippen molar-refractivity contribution in [2.24, 2.45) is 0 Å². The molecule has 6 nitrogen and oxygen atoms in total. The van der Waals surface area contributed by atoms with E-state index in [0.29, 0.717) is 11.1 Å². The van der Waals surface area contributed by atoms with Crippen molar-refractivity contribution in [3.05, 3.63) is 71.8 Å². The molecule has 2 heterocycles. The molecule has 4 rings (SSSR count). The molecule has 2 fully saturated rings. The lowest BCUT2D eigenvalue weighted by molar-refractivity contribution is -0.180. The minimum atomic E-state index is -1.73. The summed E-state index contributed by atoms with van der Waals surface area (Å²) in [7, 11) is 0. The van der Waals surface area contributed by atoms with E-state index < -0.39 is 11.2 Å². The lowest BCUT2D eigenvalue weighted by Gasteiger charge is -2.45. The second-order valence-electron chi connectivity index (χ2n) is 8.92. The van der Waals surface area contributed by atoms with Gasteiger partial charge in [-0.05, 0) is 36.8 Å². The Morgan fingerprint density at radius 1 is 0.656 bits per heavy atom. The predicted molar refractivity (Wildman–Crippen MR) is 122 cm³/mol. The van der Waals surface area contributed by atoms with Gasteiger partial charge >= 0.3 is 0 Å². The standard InChI is InChI=1S/C26H32N2O4/c29-23(27-17-7-18-27)13-15-25(31,21-9-3-1-4-10-21)26(32,22-11-5-2-6-12-22)16-14-24(30)28-19-8-20-28/h1-6,9-12,31-32H,7-8,13-20H2/t25-,26+. The topological polar surface area (TPSA) is 81.1 Å². The molecule has 0 bridgehead atoms. The van der Waals surface area contributed by atoms with E-state index in [1.165, 1.54) is 0 Å². The average Bonchev–Trinajstić information content (AvgIpc) is 2.74. The molecule has 32 heavy (non-hydrogen) atoms. The maximum atomic E-state index is 12.6. The van der Waals surface area contributed by atoms with Gasteiger partial charge in [0, 0.05) is 39.0 Å². The zero-order valence-electron chi connectivity index (χ0n) is 18.4. The summed E-state index contributed by atoms with van der Waals surface area (Å²) in [5.41, 5.74) is -2.38. The maximum Gasteiger partial charge on any atom is 0.222 e. The van der Waals surface area contributed by atoms with Gasteiger partial charge < -0.3 is 20.0 Å². The molecule has 0 spiro atoms. The number of carbonyl (C=O) groups is 2. The van der Waals surface area contributed by atoms with Gasteiger partial charge in [-0.1, -0.05) is 60.7 Å². The molecule has 2 aromatic carbocycles. The van der Waals surface area contributed by atoms with Gasteiger partial charge in [-0.15, -0.1) is 0 Å². The van der Waals surface area contributed by atoms with Gasteiger partial charge in [0.05, 0.1) is 0 Å². The second-order valence-corrected chi connectivity index (χ2v) is 8.92. The molecule has 0 aliphatic carbocycles. The summed E-state index contributed by atoms with van der Waals surface area (Å²) in [4.78, 5) is 28.8. The fourth-order valence-corrected chi connectivity index (χ4v) is 4.63. The van der Waals surface area contributed by atoms with Crippen molar-refractivity contribution in [1.82, 2.24) is 9.80 Å². The van der Waals surface area contributed by atoms with E-state index in [1.54, 1.807) is 34.1 Å². The van der Waals surface area contributed by atoms with Crippen LogP contribution in [0.15, 0.2) is 60.7 Å². The van der Waals surface area contributed by atoms with E-state index in [2.05, 4.69) is 0 Å². The highest BCUT2D eigenvalue weighted by Crippen LogP contribution is 2.47. The minimum absolute atomic E-state index is 0.0160. The molecule has 6 heteroatoms. The third-order valence-electron chi connectivity index (χ3n) is 7.01. The fraction of sp³-hybridized carbons (Fsp3) is 0.462. The molecule has 2 saturated heterocycles. The molecule has 0 saturated carbocycles. The summed E-state index contributed by atoms with van der Waals surface area (Å²) in [6, 6.07) is 18.1. The van der Waals surface area contributed by atoms with Crippen LogP contribution >= 0.6 is 0 Å². The van der Waals surface area contributed by atoms with Crippen molar-refractivity contribution in [2.45, 2.75) is 49.7 Å². The van der Waals surface area contributed by atoms with E-state index in [-0.39, 0.29) is 37.5 Å². The van der Waals surface area contributed by atoms with Gasteiger partial charge in [-0.2, -0.15) is 0 Å². The number of rotatable bonds is 9. The SMILES string of the molecule is O=C(CC[C@@](O)(c1ccccc1)[C@](O)(CCC(=O)N1CCC1)c1ccccc1)N1CCC1. The summed E-state index contributed by atoms with van der Waals surface area (Å²) >= 11 is 0. The van der Waals surface area contributed by atoms with Gasteiger partial charge in [0.1, 0.15) is 11.2 Å². The van der Waals surface area contributed by atoms with Crippen LogP contribution in [0.3, 0.4) is 0 Å². The number of amides is 2. The molecule has 2 aromatic rings. The molecule has 2 aliphatic rings. The molecular formula is C26H32N2O4. The molecule has 0 radical (unpaired) electrons. The Balaban J connectivity index is 1.68. The first-order chi connectivity index (χ1) is 15.4. The van der Waals surface area contributed by atoms with Crippen LogP contribution in [0.5, 0.6) is 0 Å². The first-order valence-corrected chi connectivity index (χ1v) is 11.6. The van der Waals surface area contributed by atoms with Crippen molar-refractivity contribution >= 4 is 11.8 Å². The first-order valence-electron chi connectivity index (χ1n) is 11.6. The van der Waals surface area contributed by atoms with Crippen LogP contribution in [-0.2, 0) is 20.8 Å². The van der Waals surface area contributed by atoms with Crippen molar-refractivity contribution in [2.75, 3.05) is 26.2 Å². The van der Waals surface area contributed by atoms with Crippen molar-refractivity contribution in [3.63, 3.8) is 0 Å². The van der Waals surface area contributed by atoms with Crippen LogP contribution in [0.1, 0.15) is 49.7 Å². The van der Waals surface area contributed by atoms with Crippen LogP contribution in [-0.4, -0.2) is 58.0 Å². The summed E-state index contributed by atoms with van der Waals surface area (Å²) in [6.07, 6.45) is 2.38. The number of benzene rings is 2. The zero-order chi connectivity index (χ0) is 22.6. The lowest BCUT2D eigenvalue weighted by Crippen LogP contribution is -2.51. The summed E-state index contributed by atoms with van der Waals surface area (Å²) < 4.78 is 0. The number of hydrogen-bond donors (Lipinski definition) is 2. The number of nitrogens with zero attached hydrogens (tertiary/aromatic N) is 2. The molecular weight excluding hydrogens is 404 g/mol. The molecule has 2 amide bonds. The van der Waals surface area contributed by atoms with E-state index in [4.69, 9.17) is 0 Å². The Bertz CT molecular complexity index is 850. The second kappa shape index (κ2) is 9.43. The van der Waals surface area contributed by atoms with Crippen molar-refractivity contribution < 1.29 is 19.8 Å². The van der Waals surface area contributed by atoms with Crippen LogP contribution in [0, 0.1) is 0 Å². The Hall–Kier alpha value is -2.70. The molecule has 0 aromatic heterocycles. The Morgan fingerprint density at radius 2 is 1.00 bits per heavy atom. The van der Waals surface area contributed by atoms with Gasteiger partial charge in [0.15, 0.2) is 0 Å². The number of carbonyl (C=O) groups excluding carboxylic acids is 2. The average molecular weight is 437 g/mol. The monoisotopic (exact) mass is 436 g/mol. The minimum Gasteiger partial charge on any atom is -0.382 e. The Kier molecular flexibility index (Phi) is 6.63. The van der Waals surface area contributed by atoms with E-state index in [0.717, 1.165) is 39.0 Å². The Morgan fingerprint density at radius 3 is 1.28 bits per heavy atom. The van der Waals surface area contributed by atoms with Gasteiger partial charge in [0.25, 0.3) is 0 Å². The summed E-state index contributed by atoms with van der Waals surface area (Å²) in [5.74, 6) is -0.0321. The molecule has 2 aliphatic heterocycles. The Labute approximate surface area is 189 Å². The summed E-state index contributed by atoms with van der Waals surface area (Å²) in [6.45, 7) is 2.98. The van der Waals surface area contributed by atoms with Gasteiger partial charge in [0.2, 0.25) is 11.8 Å². The third-order valence-corrected chi connectivity index (χ3v) is 7.01. The highest BCUT2D eigenvalue weighted by molar-refractivity contribution is 5.77. The number of hydrogen-bond acceptors (Lipinski definition) is 4. The van der Waals surface area contributed by atoms with E-state index >= 15 is 0 Å². The van der Waals surface area contributed by atoms with Crippen LogP contribution in [0.2, 0.25) is 0 Å². The van der Waals surface area contributed by atoms with E-state index in [1.807, 2.05) is 36.4 Å². The molecule has 2 atom stereocenters. The zero-order valence-corrected chi connectivity index (χ0v) is 18.4. The predicted octanol–water partition coefficient (Wildman–Crippen LogP) is 2.79. The summed E-state index contributed by atoms with van der Waals surface area (Å²) in [5, 5.41) is 24.3. The third kappa shape index (κ3) is 4.30. The van der Waals surface area contributed by atoms with E-state index in [9.17, 15) is 19.8 Å². The normalized spacial score (nSPS) is 19.3. The van der Waals surface area contributed by atoms with Gasteiger partial charge in [-0.3, -0.25) is 9.59 Å². The quantitative estimate of drug-likeness (QED) is 0.633. The van der Waals surface area contributed by atoms with Crippen LogP contribution in [0.25, 0.3) is 0 Å². The molecule has 170 valence electrons. The highest BCUT2D eigenvalue weighted by Gasteiger charge is 2.51. The fourth-order valence-electron chi connectivity index (χ4n) is 4.63. The van der Waals surface area contributed by atoms with Crippen molar-refractivity contribution in [1.29, 1.82) is 0 Å². The first kappa shape index (κ1) is 22.5. The maximum absolute atomic E-state index is 12.6. The van der Waals surface area contributed by atoms with Gasteiger partial charge in [-0.25, -0.2) is 0 Å². The van der Waals surface area contributed by atoms with Crippen molar-refractivity contribution in [3.8, 4) is 0 Å². The van der Waals surface area contributed by atoms with Crippen LogP contribution < -0.4 is 0 Å². The largest absolute Gasteiger partial charge is 0.382 e. The lowest BCUT2D eigenvalue weighted by atomic mass is 9.68. The number of likely N-dealkylation sites (tertiary alicyclic amines) is 2. The molecule has 2 N–H and O–H groups in total. The molecule has 0 unspecified atom stereocenters. The smallest absolute Gasteiger partial charge is 0.222 e. The highest BCUT2D eigenvalue weighted by atomic mass is 16.4.